The number of amidine groups is 2. The predicted molar refractivity (Wildman–Crippen MR) is 85.9 cm³/mol. The molecule has 0 saturated carbocycles. The van der Waals surface area contributed by atoms with Gasteiger partial charge in [0.1, 0.15) is 17.5 Å². The molecule has 0 spiro atoms. The first-order chi connectivity index (χ1) is 12.2. The Morgan fingerprint density at radius 2 is 1.92 bits per heavy atom. The van der Waals surface area contributed by atoms with Crippen LogP contribution >= 0.6 is 0 Å². The van der Waals surface area contributed by atoms with Crippen LogP contribution in [-0.4, -0.2) is 41.5 Å². The van der Waals surface area contributed by atoms with Crippen molar-refractivity contribution >= 4 is 17.6 Å². The lowest BCUT2D eigenvalue weighted by atomic mass is 10.0. The van der Waals surface area contributed by atoms with E-state index in [1.807, 2.05) is 0 Å². The van der Waals surface area contributed by atoms with Crippen LogP contribution in [0.5, 0.6) is 0 Å². The smallest absolute Gasteiger partial charge is 0.445 e. The molecule has 9 heteroatoms. The summed E-state index contributed by atoms with van der Waals surface area (Å²) < 4.78 is 59.5. The molecular weight excluding hydrogens is 354 g/mol. The number of fused-ring (bicyclic) bond motifs is 1. The quantitative estimate of drug-likeness (QED) is 0.596. The number of benzene rings is 1. The number of halogens is 4. The summed E-state index contributed by atoms with van der Waals surface area (Å²) in [4.78, 5) is 20.5. The number of alkyl halides is 3. The van der Waals surface area contributed by atoms with E-state index in [1.165, 1.54) is 23.2 Å². The zero-order valence-electron chi connectivity index (χ0n) is 13.7. The number of hydrogen-bond acceptors (Lipinski definition) is 5. The molecule has 0 amide bonds. The zero-order valence-corrected chi connectivity index (χ0v) is 13.7. The molecule has 1 aromatic rings. The van der Waals surface area contributed by atoms with Crippen molar-refractivity contribution in [3.63, 3.8) is 0 Å². The Balaban J connectivity index is 2.31. The second kappa shape index (κ2) is 6.08. The van der Waals surface area contributed by atoms with Crippen LogP contribution in [0.3, 0.4) is 0 Å². The number of aliphatic imine (C=N–C) groups is 2. The number of ether oxygens (including phenoxy) is 1. The van der Waals surface area contributed by atoms with E-state index >= 15 is 0 Å². The van der Waals surface area contributed by atoms with Crippen LogP contribution in [0.15, 0.2) is 58.2 Å². The van der Waals surface area contributed by atoms with Crippen molar-refractivity contribution in [2.24, 2.45) is 9.98 Å². The van der Waals surface area contributed by atoms with Crippen molar-refractivity contribution < 1.29 is 27.1 Å². The van der Waals surface area contributed by atoms with Crippen molar-refractivity contribution in [2.45, 2.75) is 18.8 Å². The lowest BCUT2D eigenvalue weighted by molar-refractivity contribution is -0.202. The number of carbonyl (C=O) groups excluding carboxylic acids is 1. The average Bonchev–Trinajstić information content (AvgIpc) is 2.59. The van der Waals surface area contributed by atoms with E-state index in [0.717, 1.165) is 19.2 Å². The number of carbonyl (C=O) groups is 1. The molecule has 0 aromatic heterocycles. The van der Waals surface area contributed by atoms with Crippen LogP contribution in [0.4, 0.5) is 17.6 Å². The van der Waals surface area contributed by atoms with Crippen molar-refractivity contribution in [3.05, 3.63) is 59.6 Å². The molecular formula is C17H13F4N3O2. The van der Waals surface area contributed by atoms with Crippen molar-refractivity contribution in [1.29, 1.82) is 0 Å². The molecule has 1 atom stereocenters. The largest absolute Gasteiger partial charge is 0.465 e. The van der Waals surface area contributed by atoms with E-state index in [1.54, 1.807) is 19.1 Å². The van der Waals surface area contributed by atoms with Gasteiger partial charge in [-0.1, -0.05) is 18.2 Å². The number of allylic oxidation sites excluding steroid dienone is 2. The van der Waals surface area contributed by atoms with Crippen LogP contribution in [0.25, 0.3) is 0 Å². The highest BCUT2D eigenvalue weighted by Gasteiger charge is 2.65. The summed E-state index contributed by atoms with van der Waals surface area (Å²) in [5.74, 6) is -2.71. The van der Waals surface area contributed by atoms with Gasteiger partial charge < -0.3 is 4.74 Å². The highest BCUT2D eigenvalue weighted by Crippen LogP contribution is 2.40. The van der Waals surface area contributed by atoms with Gasteiger partial charge in [0.15, 0.2) is 0 Å². The molecule has 2 aliphatic rings. The van der Waals surface area contributed by atoms with Gasteiger partial charge >= 0.3 is 17.8 Å². The molecule has 136 valence electrons. The minimum Gasteiger partial charge on any atom is -0.465 e. The fraction of sp³-hybridized carbons (Fsp3) is 0.235. The van der Waals surface area contributed by atoms with E-state index in [2.05, 4.69) is 14.7 Å². The van der Waals surface area contributed by atoms with Gasteiger partial charge in [0, 0.05) is 11.8 Å². The maximum atomic E-state index is 13.8. The van der Waals surface area contributed by atoms with Crippen LogP contribution in [0, 0.1) is 5.82 Å². The molecule has 2 aliphatic heterocycles. The second-order valence-corrected chi connectivity index (χ2v) is 5.60. The predicted octanol–water partition coefficient (Wildman–Crippen LogP) is 3.19. The minimum absolute atomic E-state index is 0.0641. The first-order valence-corrected chi connectivity index (χ1v) is 7.45. The lowest BCUT2D eigenvalue weighted by Gasteiger charge is -2.37. The van der Waals surface area contributed by atoms with E-state index < -0.39 is 23.6 Å². The Kier molecular flexibility index (Phi) is 4.17. The van der Waals surface area contributed by atoms with Gasteiger partial charge in [-0.15, -0.1) is 0 Å². The number of esters is 1. The third-order valence-electron chi connectivity index (χ3n) is 3.87. The van der Waals surface area contributed by atoms with Crippen LogP contribution < -0.4 is 0 Å². The number of hydrogen-bond donors (Lipinski definition) is 0. The Labute approximate surface area is 146 Å². The first-order valence-electron chi connectivity index (χ1n) is 7.45. The number of methoxy groups -OCH3 is 1. The zero-order chi connectivity index (χ0) is 19.1. The highest BCUT2D eigenvalue weighted by atomic mass is 19.4. The Morgan fingerprint density at radius 3 is 2.54 bits per heavy atom. The number of rotatable bonds is 2. The monoisotopic (exact) mass is 367 g/mol. The molecule has 2 heterocycles. The van der Waals surface area contributed by atoms with E-state index in [-0.39, 0.29) is 17.2 Å². The van der Waals surface area contributed by atoms with E-state index in [0.29, 0.717) is 5.57 Å². The molecule has 3 rings (SSSR count). The van der Waals surface area contributed by atoms with Crippen LogP contribution in [-0.2, 0) is 9.53 Å². The summed E-state index contributed by atoms with van der Waals surface area (Å²) in [5, 5.41) is 0. The first kappa shape index (κ1) is 17.8. The number of nitrogens with zero attached hydrogens (tertiary/aromatic N) is 3. The molecule has 0 saturated heterocycles. The SMILES string of the molecule is COC(=O)[C@]1(C(F)(F)F)N=C2C(C)=CC=CN2C(c2cccc(F)c2)=N1. The second-order valence-electron chi connectivity index (χ2n) is 5.60. The minimum atomic E-state index is -5.15. The maximum absolute atomic E-state index is 13.8. The molecule has 0 aliphatic carbocycles. The Bertz CT molecular complexity index is 886. The Hall–Kier alpha value is -2.97. The standard InChI is InChI=1S/C17H13F4N3O2/c1-10-5-4-8-24-13(10)22-16(15(25)26-2,17(19,20)21)23-14(24)11-6-3-7-12(18)9-11/h3-9H,1-2H3/t16-/m0/s1. The average molecular weight is 367 g/mol. The van der Waals surface area contributed by atoms with Gasteiger partial charge in [0.05, 0.1) is 7.11 Å². The maximum Gasteiger partial charge on any atom is 0.445 e. The summed E-state index contributed by atoms with van der Waals surface area (Å²) in [6, 6.07) is 4.91. The van der Waals surface area contributed by atoms with Gasteiger partial charge in [0.2, 0.25) is 0 Å². The van der Waals surface area contributed by atoms with E-state index in [4.69, 9.17) is 0 Å². The highest BCUT2D eigenvalue weighted by molar-refractivity contribution is 6.18. The summed E-state index contributed by atoms with van der Waals surface area (Å²) in [6.45, 7) is 1.54. The van der Waals surface area contributed by atoms with Gasteiger partial charge in [-0.3, -0.25) is 4.90 Å². The van der Waals surface area contributed by atoms with Gasteiger partial charge in [0.25, 0.3) is 0 Å². The van der Waals surface area contributed by atoms with Crippen molar-refractivity contribution in [1.82, 2.24) is 4.90 Å². The van der Waals surface area contributed by atoms with Crippen LogP contribution in [0.2, 0.25) is 0 Å². The normalized spacial score (nSPS) is 22.2. The summed E-state index contributed by atoms with van der Waals surface area (Å²) in [7, 11) is 0.823. The molecule has 0 N–H and O–H groups in total. The van der Waals surface area contributed by atoms with Gasteiger partial charge in [-0.05, 0) is 30.7 Å². The Morgan fingerprint density at radius 1 is 1.23 bits per heavy atom. The van der Waals surface area contributed by atoms with Gasteiger partial charge in [-0.25, -0.2) is 19.2 Å². The molecule has 1 aromatic carbocycles. The molecule has 5 nitrogen and oxygen atoms in total. The topological polar surface area (TPSA) is 54.3 Å². The third-order valence-corrected chi connectivity index (χ3v) is 3.87. The van der Waals surface area contributed by atoms with Gasteiger partial charge in [-0.2, -0.15) is 13.2 Å². The molecule has 0 radical (unpaired) electrons. The summed E-state index contributed by atoms with van der Waals surface area (Å²) >= 11 is 0. The third kappa shape index (κ3) is 2.69. The van der Waals surface area contributed by atoms with Crippen LogP contribution in [0.1, 0.15) is 12.5 Å². The van der Waals surface area contributed by atoms with Crippen molar-refractivity contribution in [2.75, 3.05) is 7.11 Å². The molecule has 0 unspecified atom stereocenters. The van der Waals surface area contributed by atoms with Crippen molar-refractivity contribution in [3.8, 4) is 0 Å². The summed E-state index contributed by atoms with van der Waals surface area (Å²) in [6.07, 6.45) is -0.587. The molecule has 26 heavy (non-hydrogen) atoms. The fourth-order valence-corrected chi connectivity index (χ4v) is 2.61. The van der Waals surface area contributed by atoms with E-state index in [9.17, 15) is 22.4 Å². The fourth-order valence-electron chi connectivity index (χ4n) is 2.61. The summed E-state index contributed by atoms with van der Waals surface area (Å²) in [5.41, 5.74) is -3.02. The molecule has 0 fully saturated rings. The lowest BCUT2D eigenvalue weighted by Crippen LogP contribution is -2.56. The molecule has 0 bridgehead atoms.